The van der Waals surface area contributed by atoms with Crippen molar-refractivity contribution in [2.24, 2.45) is 5.73 Å². The molecule has 2 N–H and O–H groups in total. The predicted molar refractivity (Wildman–Crippen MR) is 78.3 cm³/mol. The maximum Gasteiger partial charge on any atom is 0.416 e. The van der Waals surface area contributed by atoms with Gasteiger partial charge in [-0.15, -0.1) is 11.3 Å². The minimum absolute atomic E-state index is 0.109. The summed E-state index contributed by atoms with van der Waals surface area (Å²) in [6.45, 7) is 6.09. The molecule has 0 saturated heterocycles. The summed E-state index contributed by atoms with van der Waals surface area (Å²) in [5, 5.41) is 2.53. The Bertz CT molecular complexity index is 626. The Hall–Kier alpha value is -1.40. The largest absolute Gasteiger partial charge is 0.416 e. The summed E-state index contributed by atoms with van der Waals surface area (Å²) in [5.41, 5.74) is 6.57. The van der Waals surface area contributed by atoms with Gasteiger partial charge >= 0.3 is 6.18 Å². The van der Waals surface area contributed by atoms with Crippen molar-refractivity contribution >= 4 is 11.3 Å². The highest BCUT2D eigenvalue weighted by molar-refractivity contribution is 7.09. The summed E-state index contributed by atoms with van der Waals surface area (Å²) >= 11 is 1.38. The van der Waals surface area contributed by atoms with Crippen molar-refractivity contribution in [3.8, 4) is 0 Å². The van der Waals surface area contributed by atoms with Gasteiger partial charge in [0, 0.05) is 10.8 Å². The van der Waals surface area contributed by atoms with Crippen LogP contribution in [0.5, 0.6) is 0 Å². The van der Waals surface area contributed by atoms with Gasteiger partial charge in [0.25, 0.3) is 0 Å². The van der Waals surface area contributed by atoms with Crippen LogP contribution in [0.3, 0.4) is 0 Å². The molecule has 1 atom stereocenters. The Morgan fingerprint density at radius 1 is 1.19 bits per heavy atom. The lowest BCUT2D eigenvalue weighted by molar-refractivity contribution is -0.137. The maximum atomic E-state index is 12.7. The molecule has 0 bridgehead atoms. The molecule has 21 heavy (non-hydrogen) atoms. The lowest BCUT2D eigenvalue weighted by atomic mass is 9.93. The van der Waals surface area contributed by atoms with Gasteiger partial charge in [-0.2, -0.15) is 13.2 Å². The van der Waals surface area contributed by atoms with E-state index in [4.69, 9.17) is 5.73 Å². The van der Waals surface area contributed by atoms with E-state index in [1.54, 1.807) is 6.07 Å². The summed E-state index contributed by atoms with van der Waals surface area (Å²) in [4.78, 5) is 4.46. The van der Waals surface area contributed by atoms with E-state index in [9.17, 15) is 13.2 Å². The monoisotopic (exact) mass is 314 g/mol. The SMILES string of the molecule is CC(C)(C)c1csc(C(N)c2cccc(C(F)(F)F)c2)n1. The van der Waals surface area contributed by atoms with E-state index >= 15 is 0 Å². The topological polar surface area (TPSA) is 38.9 Å². The van der Waals surface area contributed by atoms with Gasteiger partial charge in [-0.05, 0) is 17.7 Å². The van der Waals surface area contributed by atoms with E-state index in [0.717, 1.165) is 17.8 Å². The molecule has 0 fully saturated rings. The Balaban J connectivity index is 2.32. The van der Waals surface area contributed by atoms with Crippen molar-refractivity contribution in [2.75, 3.05) is 0 Å². The fourth-order valence-corrected chi connectivity index (χ4v) is 2.90. The molecule has 0 saturated carbocycles. The molecule has 6 heteroatoms. The van der Waals surface area contributed by atoms with Gasteiger partial charge < -0.3 is 5.73 Å². The number of thiazole rings is 1. The van der Waals surface area contributed by atoms with Crippen molar-refractivity contribution in [3.63, 3.8) is 0 Å². The molecule has 1 aromatic heterocycles. The molecule has 2 rings (SSSR count). The molecule has 0 amide bonds. The number of halogens is 3. The summed E-state index contributed by atoms with van der Waals surface area (Å²) in [5.74, 6) is 0. The number of benzene rings is 1. The molecule has 2 aromatic rings. The van der Waals surface area contributed by atoms with Crippen LogP contribution in [0.15, 0.2) is 29.6 Å². The van der Waals surface area contributed by atoms with Crippen LogP contribution in [-0.2, 0) is 11.6 Å². The van der Waals surface area contributed by atoms with Crippen LogP contribution in [0, 0.1) is 0 Å². The molecular formula is C15H17F3N2S. The van der Waals surface area contributed by atoms with Gasteiger partial charge in [0.1, 0.15) is 5.01 Å². The molecule has 1 heterocycles. The van der Waals surface area contributed by atoms with Gasteiger partial charge in [-0.1, -0.05) is 32.9 Å². The third kappa shape index (κ3) is 3.63. The van der Waals surface area contributed by atoms with E-state index in [0.29, 0.717) is 10.6 Å². The van der Waals surface area contributed by atoms with Crippen LogP contribution in [-0.4, -0.2) is 4.98 Å². The number of nitrogens with two attached hydrogens (primary N) is 1. The van der Waals surface area contributed by atoms with Gasteiger partial charge in [0.15, 0.2) is 0 Å². The molecule has 114 valence electrons. The van der Waals surface area contributed by atoms with Gasteiger partial charge in [-0.3, -0.25) is 0 Å². The second-order valence-corrected chi connectivity index (χ2v) is 6.81. The van der Waals surface area contributed by atoms with Crippen LogP contribution in [0.25, 0.3) is 0 Å². The fraction of sp³-hybridized carbons (Fsp3) is 0.400. The van der Waals surface area contributed by atoms with Crippen molar-refractivity contribution in [1.82, 2.24) is 4.98 Å². The molecule has 0 spiro atoms. The maximum absolute atomic E-state index is 12.7. The second kappa shape index (κ2) is 5.42. The van der Waals surface area contributed by atoms with Crippen LogP contribution in [0.2, 0.25) is 0 Å². The summed E-state index contributed by atoms with van der Waals surface area (Å²) in [6, 6.07) is 4.45. The number of hydrogen-bond donors (Lipinski definition) is 1. The third-order valence-corrected chi connectivity index (χ3v) is 4.06. The van der Waals surface area contributed by atoms with Gasteiger partial charge in [0.2, 0.25) is 0 Å². The first-order valence-corrected chi connectivity index (χ1v) is 7.35. The Morgan fingerprint density at radius 2 is 1.86 bits per heavy atom. The summed E-state index contributed by atoms with van der Waals surface area (Å²) in [7, 11) is 0. The van der Waals surface area contributed by atoms with Crippen LogP contribution in [0.1, 0.15) is 48.6 Å². The first-order chi connectivity index (χ1) is 9.59. The molecule has 2 nitrogen and oxygen atoms in total. The minimum atomic E-state index is -4.37. The van der Waals surface area contributed by atoms with Crippen LogP contribution < -0.4 is 5.73 Å². The highest BCUT2D eigenvalue weighted by Gasteiger charge is 2.31. The quantitative estimate of drug-likeness (QED) is 0.886. The number of alkyl halides is 3. The number of nitrogens with zero attached hydrogens (tertiary/aromatic N) is 1. The lowest BCUT2D eigenvalue weighted by Gasteiger charge is -2.15. The number of rotatable bonds is 2. The Morgan fingerprint density at radius 3 is 2.38 bits per heavy atom. The summed E-state index contributed by atoms with van der Waals surface area (Å²) in [6.07, 6.45) is -4.37. The van der Waals surface area contributed by atoms with Crippen LogP contribution in [0.4, 0.5) is 13.2 Å². The Kier molecular flexibility index (Phi) is 4.13. The summed E-state index contributed by atoms with van der Waals surface area (Å²) < 4.78 is 38.2. The zero-order valence-electron chi connectivity index (χ0n) is 12.0. The normalized spacial score (nSPS) is 14.2. The predicted octanol–water partition coefficient (Wildman–Crippen LogP) is 4.51. The third-order valence-electron chi connectivity index (χ3n) is 3.13. The number of hydrogen-bond acceptors (Lipinski definition) is 3. The minimum Gasteiger partial charge on any atom is -0.318 e. The molecule has 1 unspecified atom stereocenters. The van der Waals surface area contributed by atoms with E-state index in [1.807, 2.05) is 26.2 Å². The average Bonchev–Trinajstić information content (AvgIpc) is 2.86. The lowest BCUT2D eigenvalue weighted by Crippen LogP contribution is -2.15. The molecule has 0 radical (unpaired) electrons. The van der Waals surface area contributed by atoms with Gasteiger partial charge in [-0.25, -0.2) is 4.98 Å². The number of aromatic nitrogens is 1. The first-order valence-electron chi connectivity index (χ1n) is 6.47. The van der Waals surface area contributed by atoms with Crippen molar-refractivity contribution in [3.05, 3.63) is 51.5 Å². The van der Waals surface area contributed by atoms with E-state index in [-0.39, 0.29) is 5.41 Å². The highest BCUT2D eigenvalue weighted by atomic mass is 32.1. The smallest absolute Gasteiger partial charge is 0.318 e. The standard InChI is InChI=1S/C15H17F3N2S/c1-14(2,3)11-8-21-13(20-11)12(19)9-5-4-6-10(7-9)15(16,17)18/h4-8,12H,19H2,1-3H3. The average molecular weight is 314 g/mol. The molecule has 0 aliphatic rings. The highest BCUT2D eigenvalue weighted by Crippen LogP contribution is 2.33. The van der Waals surface area contributed by atoms with Gasteiger partial charge in [0.05, 0.1) is 17.3 Å². The Labute approximate surface area is 125 Å². The first kappa shape index (κ1) is 16.0. The van der Waals surface area contributed by atoms with Crippen LogP contribution >= 0.6 is 11.3 Å². The zero-order valence-corrected chi connectivity index (χ0v) is 12.8. The zero-order chi connectivity index (χ0) is 15.8. The van der Waals surface area contributed by atoms with E-state index in [1.165, 1.54) is 17.4 Å². The van der Waals surface area contributed by atoms with Crippen molar-refractivity contribution in [2.45, 2.75) is 38.4 Å². The molecule has 0 aliphatic heterocycles. The molecule has 1 aromatic carbocycles. The second-order valence-electron chi connectivity index (χ2n) is 5.92. The molecule has 0 aliphatic carbocycles. The van der Waals surface area contributed by atoms with E-state index in [2.05, 4.69) is 4.98 Å². The fourth-order valence-electron chi connectivity index (χ4n) is 1.83. The molecular weight excluding hydrogens is 297 g/mol. The van der Waals surface area contributed by atoms with Crippen molar-refractivity contribution < 1.29 is 13.2 Å². The van der Waals surface area contributed by atoms with Crippen molar-refractivity contribution in [1.29, 1.82) is 0 Å². The van der Waals surface area contributed by atoms with E-state index < -0.39 is 17.8 Å².